The Labute approximate surface area is 179 Å². The predicted molar refractivity (Wildman–Crippen MR) is 119 cm³/mol. The maximum atomic E-state index is 12.7. The SMILES string of the molecule is CCOc1ccc(Br)cc1C(=O)NC(=S)N1CCN(Cc2ccccc2)CC1. The van der Waals surface area contributed by atoms with Gasteiger partial charge in [-0.05, 0) is 42.9 Å². The molecule has 148 valence electrons. The molecular formula is C21H24BrN3O2S. The van der Waals surface area contributed by atoms with E-state index in [1.165, 1.54) is 5.56 Å². The van der Waals surface area contributed by atoms with Crippen molar-refractivity contribution in [3.8, 4) is 5.75 Å². The zero-order valence-corrected chi connectivity index (χ0v) is 18.3. The summed E-state index contributed by atoms with van der Waals surface area (Å²) >= 11 is 8.89. The third-order valence-electron chi connectivity index (χ3n) is 4.62. The van der Waals surface area contributed by atoms with E-state index in [2.05, 4.69) is 50.4 Å². The van der Waals surface area contributed by atoms with Crippen LogP contribution in [0.2, 0.25) is 0 Å². The summed E-state index contributed by atoms with van der Waals surface area (Å²) in [7, 11) is 0. The molecule has 0 spiro atoms. The highest BCUT2D eigenvalue weighted by Crippen LogP contribution is 2.23. The number of amides is 1. The topological polar surface area (TPSA) is 44.8 Å². The van der Waals surface area contributed by atoms with Crippen molar-refractivity contribution in [3.05, 3.63) is 64.1 Å². The van der Waals surface area contributed by atoms with Crippen molar-refractivity contribution in [2.75, 3.05) is 32.8 Å². The largest absolute Gasteiger partial charge is 0.493 e. The van der Waals surface area contributed by atoms with Crippen molar-refractivity contribution in [2.24, 2.45) is 0 Å². The maximum absolute atomic E-state index is 12.7. The number of hydrogen-bond acceptors (Lipinski definition) is 4. The van der Waals surface area contributed by atoms with Gasteiger partial charge < -0.3 is 9.64 Å². The predicted octanol–water partition coefficient (Wildman–Crippen LogP) is 3.68. The fourth-order valence-electron chi connectivity index (χ4n) is 3.16. The van der Waals surface area contributed by atoms with Gasteiger partial charge >= 0.3 is 0 Å². The first-order chi connectivity index (χ1) is 13.6. The minimum atomic E-state index is -0.249. The van der Waals surface area contributed by atoms with Crippen LogP contribution in [0.15, 0.2) is 53.0 Å². The highest BCUT2D eigenvalue weighted by molar-refractivity contribution is 9.10. The van der Waals surface area contributed by atoms with E-state index in [-0.39, 0.29) is 5.91 Å². The van der Waals surface area contributed by atoms with E-state index in [0.717, 1.165) is 37.2 Å². The lowest BCUT2D eigenvalue weighted by molar-refractivity contribution is 0.0965. The minimum Gasteiger partial charge on any atom is -0.493 e. The van der Waals surface area contributed by atoms with Gasteiger partial charge in [0.25, 0.3) is 5.91 Å². The fraction of sp³-hybridized carbons (Fsp3) is 0.333. The van der Waals surface area contributed by atoms with Gasteiger partial charge in [-0.15, -0.1) is 0 Å². The van der Waals surface area contributed by atoms with E-state index in [1.807, 2.05) is 24.0 Å². The van der Waals surface area contributed by atoms with Crippen LogP contribution in [0.1, 0.15) is 22.8 Å². The first-order valence-electron chi connectivity index (χ1n) is 9.35. The Balaban J connectivity index is 1.54. The van der Waals surface area contributed by atoms with Crippen molar-refractivity contribution in [2.45, 2.75) is 13.5 Å². The first kappa shape index (κ1) is 20.8. The van der Waals surface area contributed by atoms with Crippen LogP contribution in [0.4, 0.5) is 0 Å². The summed E-state index contributed by atoms with van der Waals surface area (Å²) in [5.74, 6) is 0.306. The Kier molecular flexibility index (Phi) is 7.42. The third kappa shape index (κ3) is 5.53. The van der Waals surface area contributed by atoms with Crippen LogP contribution in [-0.2, 0) is 6.54 Å². The van der Waals surface area contributed by atoms with Crippen LogP contribution in [-0.4, -0.2) is 53.6 Å². The molecule has 1 N–H and O–H groups in total. The zero-order chi connectivity index (χ0) is 19.9. The third-order valence-corrected chi connectivity index (χ3v) is 5.47. The highest BCUT2D eigenvalue weighted by atomic mass is 79.9. The molecule has 7 heteroatoms. The molecule has 0 aliphatic carbocycles. The van der Waals surface area contributed by atoms with E-state index < -0.39 is 0 Å². The number of benzene rings is 2. The second-order valence-electron chi connectivity index (χ2n) is 6.58. The Bertz CT molecular complexity index is 824. The van der Waals surface area contributed by atoms with Crippen molar-refractivity contribution < 1.29 is 9.53 Å². The number of carbonyl (C=O) groups is 1. The first-order valence-corrected chi connectivity index (χ1v) is 10.6. The van der Waals surface area contributed by atoms with E-state index in [0.29, 0.717) is 23.0 Å². The maximum Gasteiger partial charge on any atom is 0.261 e. The number of rotatable bonds is 5. The molecule has 1 fully saturated rings. The number of ether oxygens (including phenoxy) is 1. The highest BCUT2D eigenvalue weighted by Gasteiger charge is 2.22. The van der Waals surface area contributed by atoms with Gasteiger partial charge in [-0.3, -0.25) is 15.0 Å². The molecule has 1 aliphatic rings. The van der Waals surface area contributed by atoms with Gasteiger partial charge in [0.15, 0.2) is 5.11 Å². The second-order valence-corrected chi connectivity index (χ2v) is 7.88. The Hall–Kier alpha value is -1.96. The number of carbonyl (C=O) groups excluding carboxylic acids is 1. The number of nitrogens with zero attached hydrogens (tertiary/aromatic N) is 2. The molecule has 0 radical (unpaired) electrons. The van der Waals surface area contributed by atoms with Gasteiger partial charge in [0.2, 0.25) is 0 Å². The van der Waals surface area contributed by atoms with Crippen LogP contribution < -0.4 is 10.1 Å². The smallest absolute Gasteiger partial charge is 0.261 e. The van der Waals surface area contributed by atoms with Crippen molar-refractivity contribution in [1.82, 2.24) is 15.1 Å². The van der Waals surface area contributed by atoms with Gasteiger partial charge in [-0.2, -0.15) is 0 Å². The number of nitrogens with one attached hydrogen (secondary N) is 1. The summed E-state index contributed by atoms with van der Waals surface area (Å²) < 4.78 is 6.39. The second kappa shape index (κ2) is 10.0. The zero-order valence-electron chi connectivity index (χ0n) is 15.9. The number of halogens is 1. The lowest BCUT2D eigenvalue weighted by Crippen LogP contribution is -2.52. The molecule has 0 saturated carbocycles. The molecule has 1 amide bonds. The van der Waals surface area contributed by atoms with Gasteiger partial charge in [0, 0.05) is 37.2 Å². The van der Waals surface area contributed by atoms with Crippen LogP contribution >= 0.6 is 28.1 Å². The molecule has 0 unspecified atom stereocenters. The molecule has 2 aromatic carbocycles. The Morgan fingerprint density at radius 3 is 2.54 bits per heavy atom. The van der Waals surface area contributed by atoms with Crippen molar-refractivity contribution >= 4 is 39.2 Å². The van der Waals surface area contributed by atoms with Crippen LogP contribution in [0.3, 0.4) is 0 Å². The summed E-state index contributed by atoms with van der Waals surface area (Å²) in [4.78, 5) is 17.2. The molecule has 1 heterocycles. The summed E-state index contributed by atoms with van der Waals surface area (Å²) in [6.45, 7) is 6.73. The molecule has 2 aromatic rings. The van der Waals surface area contributed by atoms with Gasteiger partial charge in [-0.1, -0.05) is 46.3 Å². The molecule has 3 rings (SSSR count). The summed E-state index contributed by atoms with van der Waals surface area (Å²) in [5, 5.41) is 3.32. The molecule has 5 nitrogen and oxygen atoms in total. The summed E-state index contributed by atoms with van der Waals surface area (Å²) in [6, 6.07) is 15.8. The average Bonchev–Trinajstić information content (AvgIpc) is 2.70. The van der Waals surface area contributed by atoms with Crippen molar-refractivity contribution in [1.29, 1.82) is 0 Å². The molecule has 0 aromatic heterocycles. The monoisotopic (exact) mass is 461 g/mol. The number of thiocarbonyl (C=S) groups is 1. The molecule has 28 heavy (non-hydrogen) atoms. The van der Waals surface area contributed by atoms with E-state index >= 15 is 0 Å². The Morgan fingerprint density at radius 1 is 1.14 bits per heavy atom. The van der Waals surface area contributed by atoms with E-state index in [9.17, 15) is 4.79 Å². The average molecular weight is 462 g/mol. The van der Waals surface area contributed by atoms with Gasteiger partial charge in [-0.25, -0.2) is 0 Å². The van der Waals surface area contributed by atoms with Crippen LogP contribution in [0.25, 0.3) is 0 Å². The molecule has 1 aliphatic heterocycles. The molecule has 0 atom stereocenters. The fourth-order valence-corrected chi connectivity index (χ4v) is 3.79. The number of piperazine rings is 1. The van der Waals surface area contributed by atoms with Crippen LogP contribution in [0, 0.1) is 0 Å². The lowest BCUT2D eigenvalue weighted by Gasteiger charge is -2.36. The quantitative estimate of drug-likeness (QED) is 0.687. The normalized spacial score (nSPS) is 14.6. The van der Waals surface area contributed by atoms with Crippen LogP contribution in [0.5, 0.6) is 5.75 Å². The van der Waals surface area contributed by atoms with Gasteiger partial charge in [0.1, 0.15) is 5.75 Å². The van der Waals surface area contributed by atoms with Gasteiger partial charge in [0.05, 0.1) is 12.2 Å². The standard InChI is InChI=1S/C21H24BrN3O2S/c1-2-27-19-9-8-17(22)14-18(19)20(26)23-21(28)25-12-10-24(11-13-25)15-16-6-4-3-5-7-16/h3-9,14H,2,10-13,15H2,1H3,(H,23,26,28). The minimum absolute atomic E-state index is 0.249. The number of hydrogen-bond donors (Lipinski definition) is 1. The molecule has 1 saturated heterocycles. The molecule has 0 bridgehead atoms. The summed E-state index contributed by atoms with van der Waals surface area (Å²) in [5.41, 5.74) is 1.78. The Morgan fingerprint density at radius 2 is 1.86 bits per heavy atom. The van der Waals surface area contributed by atoms with Crippen molar-refractivity contribution in [3.63, 3.8) is 0 Å². The van der Waals surface area contributed by atoms with E-state index in [1.54, 1.807) is 12.1 Å². The lowest BCUT2D eigenvalue weighted by atomic mass is 10.2. The molecular weight excluding hydrogens is 438 g/mol. The van der Waals surface area contributed by atoms with E-state index in [4.69, 9.17) is 17.0 Å². The summed E-state index contributed by atoms with van der Waals surface area (Å²) in [6.07, 6.45) is 0.